The molecule has 6 nitrogen and oxygen atoms in total. The molecular weight excluding hydrogens is 432 g/mol. The number of hydrogen-bond acceptors (Lipinski definition) is 5. The topological polar surface area (TPSA) is 66.7 Å². The van der Waals surface area contributed by atoms with Crippen LogP contribution in [-0.2, 0) is 0 Å². The van der Waals surface area contributed by atoms with E-state index in [2.05, 4.69) is 34.7 Å². The van der Waals surface area contributed by atoms with Gasteiger partial charge in [0.2, 0.25) is 0 Å². The summed E-state index contributed by atoms with van der Waals surface area (Å²) in [6.07, 6.45) is 4.60. The van der Waals surface area contributed by atoms with Crippen molar-refractivity contribution in [3.8, 4) is 10.4 Å². The molecule has 0 atom stereocenters. The SMILES string of the molecule is CCN(CC)CCCCC(=O)c1ccc2c(c1)nc1sc(-c3ccc(C(=O)NC)cc3)cn12. The normalized spacial score (nSPS) is 11.5. The van der Waals surface area contributed by atoms with Crippen molar-refractivity contribution >= 4 is 39.0 Å². The van der Waals surface area contributed by atoms with E-state index < -0.39 is 0 Å². The molecule has 0 saturated carbocycles. The Morgan fingerprint density at radius 2 is 1.76 bits per heavy atom. The average molecular weight is 463 g/mol. The highest BCUT2D eigenvalue weighted by molar-refractivity contribution is 7.20. The first-order valence-corrected chi connectivity index (χ1v) is 12.4. The minimum atomic E-state index is -0.0947. The number of Topliss-reactive ketones (excluding diaryl/α,β-unsaturated/α-hetero) is 1. The van der Waals surface area contributed by atoms with Gasteiger partial charge in [-0.25, -0.2) is 4.98 Å². The van der Waals surface area contributed by atoms with Crippen LogP contribution in [0.25, 0.3) is 26.4 Å². The number of imidazole rings is 1. The molecule has 7 heteroatoms. The Morgan fingerprint density at radius 3 is 2.45 bits per heavy atom. The molecule has 33 heavy (non-hydrogen) atoms. The number of nitrogens with zero attached hydrogens (tertiary/aromatic N) is 3. The highest BCUT2D eigenvalue weighted by Crippen LogP contribution is 2.31. The standard InChI is InChI=1S/C26H30N4O2S/c1-4-29(5-2)15-7-6-8-23(31)20-13-14-22-21(16-20)28-26-30(22)17-24(33-26)18-9-11-19(12-10-18)25(32)27-3/h9-14,16-17H,4-8,15H2,1-3H3,(H,27,32). The molecule has 1 amide bonds. The van der Waals surface area contributed by atoms with Gasteiger partial charge in [0.25, 0.3) is 5.91 Å². The molecule has 0 unspecified atom stereocenters. The van der Waals surface area contributed by atoms with Crippen LogP contribution < -0.4 is 5.32 Å². The molecule has 0 aliphatic heterocycles. The Kier molecular flexibility index (Phi) is 7.20. The average Bonchev–Trinajstić information content (AvgIpc) is 3.41. The monoisotopic (exact) mass is 462 g/mol. The summed E-state index contributed by atoms with van der Waals surface area (Å²) in [6.45, 7) is 7.51. The van der Waals surface area contributed by atoms with Crippen molar-refractivity contribution in [3.63, 3.8) is 0 Å². The predicted octanol–water partition coefficient (Wildman–Crippen LogP) is 5.27. The molecule has 0 aliphatic carbocycles. The summed E-state index contributed by atoms with van der Waals surface area (Å²) in [5.74, 6) is 0.0902. The number of amides is 1. The number of carbonyl (C=O) groups is 2. The minimum Gasteiger partial charge on any atom is -0.355 e. The molecule has 4 rings (SSSR count). The lowest BCUT2D eigenvalue weighted by atomic mass is 10.0. The van der Waals surface area contributed by atoms with Crippen LogP contribution in [0.1, 0.15) is 53.8 Å². The Morgan fingerprint density at radius 1 is 1.03 bits per heavy atom. The van der Waals surface area contributed by atoms with E-state index in [1.165, 1.54) is 0 Å². The Labute approximate surface area is 198 Å². The molecule has 0 radical (unpaired) electrons. The van der Waals surface area contributed by atoms with Gasteiger partial charge in [-0.15, -0.1) is 0 Å². The van der Waals surface area contributed by atoms with Crippen LogP contribution in [-0.4, -0.2) is 52.7 Å². The lowest BCUT2D eigenvalue weighted by Crippen LogP contribution is -2.24. The van der Waals surface area contributed by atoms with Crippen molar-refractivity contribution in [1.29, 1.82) is 0 Å². The molecular formula is C26H30N4O2S. The van der Waals surface area contributed by atoms with Crippen molar-refractivity contribution in [2.24, 2.45) is 0 Å². The summed E-state index contributed by atoms with van der Waals surface area (Å²) < 4.78 is 2.07. The third-order valence-electron chi connectivity index (χ3n) is 6.11. The zero-order valence-electron chi connectivity index (χ0n) is 19.4. The van der Waals surface area contributed by atoms with E-state index in [0.29, 0.717) is 12.0 Å². The summed E-state index contributed by atoms with van der Waals surface area (Å²) in [7, 11) is 1.63. The highest BCUT2D eigenvalue weighted by Gasteiger charge is 2.14. The third kappa shape index (κ3) is 4.99. The summed E-state index contributed by atoms with van der Waals surface area (Å²) in [5, 5.41) is 2.64. The number of ketones is 1. The van der Waals surface area contributed by atoms with Crippen molar-refractivity contribution in [2.45, 2.75) is 33.1 Å². The molecule has 2 aromatic carbocycles. The molecule has 0 spiro atoms. The number of aromatic nitrogens is 2. The van der Waals surface area contributed by atoms with E-state index in [4.69, 9.17) is 4.98 Å². The molecule has 2 heterocycles. The Bertz CT molecular complexity index is 1270. The first-order valence-electron chi connectivity index (χ1n) is 11.5. The number of benzene rings is 2. The van der Waals surface area contributed by atoms with Gasteiger partial charge in [-0.05, 0) is 68.4 Å². The maximum Gasteiger partial charge on any atom is 0.251 e. The fourth-order valence-corrected chi connectivity index (χ4v) is 5.06. The quantitative estimate of drug-likeness (QED) is 0.258. The smallest absolute Gasteiger partial charge is 0.251 e. The van der Waals surface area contributed by atoms with Gasteiger partial charge < -0.3 is 10.2 Å². The summed E-state index contributed by atoms with van der Waals surface area (Å²) in [6, 6.07) is 13.4. The molecule has 2 aromatic heterocycles. The van der Waals surface area contributed by atoms with Crippen LogP contribution in [0.2, 0.25) is 0 Å². The molecule has 0 fully saturated rings. The van der Waals surface area contributed by atoms with E-state index in [1.54, 1.807) is 18.4 Å². The van der Waals surface area contributed by atoms with Gasteiger partial charge in [0.15, 0.2) is 10.7 Å². The van der Waals surface area contributed by atoms with Crippen molar-refractivity contribution < 1.29 is 9.59 Å². The number of carbonyl (C=O) groups excluding carboxylic acids is 2. The second-order valence-electron chi connectivity index (χ2n) is 8.13. The first kappa shape index (κ1) is 23.1. The van der Waals surface area contributed by atoms with Gasteiger partial charge in [-0.2, -0.15) is 0 Å². The number of fused-ring (bicyclic) bond motifs is 3. The van der Waals surface area contributed by atoms with Crippen molar-refractivity contribution in [3.05, 3.63) is 59.8 Å². The first-order chi connectivity index (χ1) is 16.0. The summed E-state index contributed by atoms with van der Waals surface area (Å²) in [4.78, 5) is 33.6. The van der Waals surface area contributed by atoms with Crippen molar-refractivity contribution in [2.75, 3.05) is 26.7 Å². The van der Waals surface area contributed by atoms with Gasteiger partial charge >= 0.3 is 0 Å². The van der Waals surface area contributed by atoms with Crippen LogP contribution in [0.4, 0.5) is 0 Å². The van der Waals surface area contributed by atoms with E-state index in [1.807, 2.05) is 42.5 Å². The minimum absolute atomic E-state index is 0.0947. The summed E-state index contributed by atoms with van der Waals surface area (Å²) in [5.41, 5.74) is 4.26. The zero-order valence-corrected chi connectivity index (χ0v) is 20.2. The van der Waals surface area contributed by atoms with Crippen LogP contribution in [0.15, 0.2) is 48.7 Å². The molecule has 0 bridgehead atoms. The third-order valence-corrected chi connectivity index (χ3v) is 7.14. The van der Waals surface area contributed by atoms with Crippen LogP contribution in [0.3, 0.4) is 0 Å². The molecule has 172 valence electrons. The van der Waals surface area contributed by atoms with Gasteiger partial charge in [0, 0.05) is 30.8 Å². The van der Waals surface area contributed by atoms with Gasteiger partial charge in [-0.3, -0.25) is 14.0 Å². The maximum absolute atomic E-state index is 12.7. The second kappa shape index (κ2) is 10.3. The fourth-order valence-electron chi connectivity index (χ4n) is 4.06. The summed E-state index contributed by atoms with van der Waals surface area (Å²) >= 11 is 1.60. The number of thiazole rings is 1. The van der Waals surface area contributed by atoms with E-state index in [0.717, 1.165) is 64.5 Å². The van der Waals surface area contributed by atoms with Crippen LogP contribution in [0, 0.1) is 0 Å². The van der Waals surface area contributed by atoms with E-state index in [-0.39, 0.29) is 11.7 Å². The molecule has 1 N–H and O–H groups in total. The van der Waals surface area contributed by atoms with Gasteiger partial charge in [0.05, 0.1) is 15.9 Å². The van der Waals surface area contributed by atoms with Crippen LogP contribution in [0.5, 0.6) is 0 Å². The molecule has 4 aromatic rings. The number of hydrogen-bond donors (Lipinski definition) is 1. The predicted molar refractivity (Wildman–Crippen MR) is 135 cm³/mol. The number of unbranched alkanes of at least 4 members (excludes halogenated alkanes) is 1. The Balaban J connectivity index is 1.47. The molecule has 0 aliphatic rings. The molecule has 0 saturated heterocycles. The lowest BCUT2D eigenvalue weighted by molar-refractivity contribution is 0.0959. The highest BCUT2D eigenvalue weighted by atomic mass is 32.1. The van der Waals surface area contributed by atoms with Crippen LogP contribution >= 0.6 is 11.3 Å². The maximum atomic E-state index is 12.7. The van der Waals surface area contributed by atoms with E-state index in [9.17, 15) is 9.59 Å². The zero-order chi connectivity index (χ0) is 23.4. The van der Waals surface area contributed by atoms with Crippen molar-refractivity contribution in [1.82, 2.24) is 19.6 Å². The van der Waals surface area contributed by atoms with Gasteiger partial charge in [-0.1, -0.05) is 37.3 Å². The van der Waals surface area contributed by atoms with Gasteiger partial charge in [0.1, 0.15) is 0 Å². The van der Waals surface area contributed by atoms with E-state index >= 15 is 0 Å². The lowest BCUT2D eigenvalue weighted by Gasteiger charge is -2.17. The Hall–Kier alpha value is -3.03. The second-order valence-corrected chi connectivity index (χ2v) is 9.14. The largest absolute Gasteiger partial charge is 0.355 e. The fraction of sp³-hybridized carbons (Fsp3) is 0.346. The number of nitrogens with one attached hydrogen (secondary N) is 1. The number of rotatable bonds is 10.